The molecule has 4 nitrogen and oxygen atoms in total. The molecule has 98 valence electrons. The van der Waals surface area contributed by atoms with Crippen molar-refractivity contribution >= 4 is 37.5 Å². The fourth-order valence-corrected chi connectivity index (χ4v) is 3.12. The smallest absolute Gasteiger partial charge is 0.300 e. The standard InChI is InChI=1S/C12H15BrN2O2S/c1-3-5-15-11(16)8-7-9(13)18-10(8)14-12(15)17-6-4-2/h7H,3-6H2,1-2H3. The lowest BCUT2D eigenvalue weighted by Gasteiger charge is -2.11. The minimum atomic E-state index is -0.0186. The summed E-state index contributed by atoms with van der Waals surface area (Å²) in [5.74, 6) is 0. The van der Waals surface area contributed by atoms with Crippen LogP contribution >= 0.6 is 27.3 Å². The summed E-state index contributed by atoms with van der Waals surface area (Å²) in [6.07, 6.45) is 1.77. The highest BCUT2D eigenvalue weighted by atomic mass is 79.9. The Balaban J connectivity index is 2.58. The molecule has 0 saturated heterocycles. The molecule has 0 fully saturated rings. The maximum Gasteiger partial charge on any atom is 0.300 e. The highest BCUT2D eigenvalue weighted by Crippen LogP contribution is 2.27. The first kappa shape index (κ1) is 13.5. The second-order valence-electron chi connectivity index (χ2n) is 3.97. The molecular formula is C12H15BrN2O2S. The second kappa shape index (κ2) is 5.84. The van der Waals surface area contributed by atoms with E-state index in [9.17, 15) is 4.79 Å². The van der Waals surface area contributed by atoms with Crippen LogP contribution in [0.1, 0.15) is 26.7 Å². The Bertz CT molecular complexity index is 606. The fraction of sp³-hybridized carbons (Fsp3) is 0.500. The number of rotatable bonds is 5. The molecule has 2 aromatic heterocycles. The molecule has 0 unspecified atom stereocenters. The van der Waals surface area contributed by atoms with E-state index in [-0.39, 0.29) is 5.56 Å². The third-order valence-corrected chi connectivity index (χ3v) is 4.00. The van der Waals surface area contributed by atoms with Gasteiger partial charge in [0.2, 0.25) is 0 Å². The normalized spacial score (nSPS) is 11.1. The molecule has 0 aromatic carbocycles. The Labute approximate surface area is 118 Å². The highest BCUT2D eigenvalue weighted by Gasteiger charge is 2.13. The van der Waals surface area contributed by atoms with Gasteiger partial charge in [-0.25, -0.2) is 0 Å². The lowest BCUT2D eigenvalue weighted by molar-refractivity contribution is 0.272. The SMILES string of the molecule is CCCOc1nc2sc(Br)cc2c(=O)n1CCC. The molecule has 0 aliphatic heterocycles. The first-order valence-corrected chi connectivity index (χ1v) is 7.61. The van der Waals surface area contributed by atoms with Crippen LogP contribution in [0.4, 0.5) is 0 Å². The van der Waals surface area contributed by atoms with Crippen LogP contribution in [0.25, 0.3) is 10.2 Å². The topological polar surface area (TPSA) is 44.1 Å². The molecule has 0 aliphatic carbocycles. The summed E-state index contributed by atoms with van der Waals surface area (Å²) in [6.45, 7) is 5.27. The van der Waals surface area contributed by atoms with Gasteiger partial charge in [-0.1, -0.05) is 13.8 Å². The van der Waals surface area contributed by atoms with E-state index in [1.807, 2.05) is 19.9 Å². The summed E-state index contributed by atoms with van der Waals surface area (Å²) >= 11 is 4.84. The van der Waals surface area contributed by atoms with Crippen LogP contribution in [0.3, 0.4) is 0 Å². The van der Waals surface area contributed by atoms with Gasteiger partial charge in [0.05, 0.1) is 15.8 Å². The van der Waals surface area contributed by atoms with Crippen LogP contribution in [0.2, 0.25) is 0 Å². The number of fused-ring (bicyclic) bond motifs is 1. The maximum absolute atomic E-state index is 12.3. The van der Waals surface area contributed by atoms with E-state index in [1.54, 1.807) is 4.57 Å². The van der Waals surface area contributed by atoms with Gasteiger partial charge in [-0.05, 0) is 34.8 Å². The minimum absolute atomic E-state index is 0.0186. The van der Waals surface area contributed by atoms with Crippen molar-refractivity contribution in [3.05, 3.63) is 20.2 Å². The Morgan fingerprint density at radius 1 is 1.44 bits per heavy atom. The third-order valence-electron chi connectivity index (χ3n) is 2.47. The largest absolute Gasteiger partial charge is 0.465 e. The monoisotopic (exact) mass is 330 g/mol. The van der Waals surface area contributed by atoms with Crippen molar-refractivity contribution < 1.29 is 4.74 Å². The van der Waals surface area contributed by atoms with Gasteiger partial charge in [-0.3, -0.25) is 9.36 Å². The summed E-state index contributed by atoms with van der Waals surface area (Å²) in [5.41, 5.74) is -0.0186. The number of aromatic nitrogens is 2. The highest BCUT2D eigenvalue weighted by molar-refractivity contribution is 9.11. The molecule has 2 heterocycles. The Hall–Kier alpha value is -0.880. The van der Waals surface area contributed by atoms with Crippen molar-refractivity contribution in [2.75, 3.05) is 6.61 Å². The number of thiophene rings is 1. The van der Waals surface area contributed by atoms with Crippen molar-refractivity contribution in [2.45, 2.75) is 33.2 Å². The van der Waals surface area contributed by atoms with E-state index in [0.29, 0.717) is 24.5 Å². The van der Waals surface area contributed by atoms with Crippen LogP contribution in [-0.2, 0) is 6.54 Å². The van der Waals surface area contributed by atoms with Crippen LogP contribution in [0.15, 0.2) is 14.6 Å². The van der Waals surface area contributed by atoms with Crippen molar-refractivity contribution in [1.82, 2.24) is 9.55 Å². The molecular weight excluding hydrogens is 316 g/mol. The molecule has 0 radical (unpaired) electrons. The number of halogens is 1. The van der Waals surface area contributed by atoms with Gasteiger partial charge in [-0.2, -0.15) is 4.98 Å². The van der Waals surface area contributed by atoms with Gasteiger partial charge >= 0.3 is 6.01 Å². The lowest BCUT2D eigenvalue weighted by atomic mass is 10.4. The zero-order chi connectivity index (χ0) is 13.1. The van der Waals surface area contributed by atoms with E-state index in [4.69, 9.17) is 4.74 Å². The Morgan fingerprint density at radius 2 is 2.22 bits per heavy atom. The van der Waals surface area contributed by atoms with Crippen molar-refractivity contribution in [3.8, 4) is 6.01 Å². The number of ether oxygens (including phenoxy) is 1. The van der Waals surface area contributed by atoms with Crippen molar-refractivity contribution in [1.29, 1.82) is 0 Å². The molecule has 0 spiro atoms. The predicted octanol–water partition coefficient (Wildman–Crippen LogP) is 3.42. The molecule has 0 bridgehead atoms. The zero-order valence-corrected chi connectivity index (χ0v) is 12.8. The van der Waals surface area contributed by atoms with Gasteiger partial charge in [-0.15, -0.1) is 11.3 Å². The van der Waals surface area contributed by atoms with E-state index < -0.39 is 0 Å². The van der Waals surface area contributed by atoms with Gasteiger partial charge in [0.15, 0.2) is 0 Å². The van der Waals surface area contributed by atoms with E-state index in [0.717, 1.165) is 21.5 Å². The second-order valence-corrected chi connectivity index (χ2v) is 6.38. The molecule has 2 aromatic rings. The third kappa shape index (κ3) is 2.59. The summed E-state index contributed by atoms with van der Waals surface area (Å²) in [4.78, 5) is 17.5. The average Bonchev–Trinajstić information content (AvgIpc) is 2.72. The van der Waals surface area contributed by atoms with Crippen molar-refractivity contribution in [2.24, 2.45) is 0 Å². The van der Waals surface area contributed by atoms with E-state index in [2.05, 4.69) is 20.9 Å². The van der Waals surface area contributed by atoms with E-state index in [1.165, 1.54) is 11.3 Å². The molecule has 2 rings (SSSR count). The zero-order valence-electron chi connectivity index (χ0n) is 10.4. The lowest BCUT2D eigenvalue weighted by Crippen LogP contribution is -2.23. The van der Waals surface area contributed by atoms with E-state index >= 15 is 0 Å². The first-order chi connectivity index (χ1) is 8.67. The fourth-order valence-electron chi connectivity index (χ4n) is 1.69. The van der Waals surface area contributed by atoms with Crippen LogP contribution in [-0.4, -0.2) is 16.2 Å². The van der Waals surface area contributed by atoms with Gasteiger partial charge in [0.1, 0.15) is 4.83 Å². The minimum Gasteiger partial charge on any atom is -0.465 e. The summed E-state index contributed by atoms with van der Waals surface area (Å²) in [5, 5.41) is 0.657. The number of hydrogen-bond acceptors (Lipinski definition) is 4. The molecule has 0 amide bonds. The molecule has 6 heteroatoms. The van der Waals surface area contributed by atoms with Crippen LogP contribution < -0.4 is 10.3 Å². The Morgan fingerprint density at radius 3 is 2.89 bits per heavy atom. The molecule has 0 aliphatic rings. The first-order valence-electron chi connectivity index (χ1n) is 6.00. The molecule has 0 atom stereocenters. The Kier molecular flexibility index (Phi) is 4.40. The summed E-state index contributed by atoms with van der Waals surface area (Å²) in [6, 6.07) is 2.26. The molecule has 0 saturated carbocycles. The molecule has 18 heavy (non-hydrogen) atoms. The van der Waals surface area contributed by atoms with Crippen molar-refractivity contribution in [3.63, 3.8) is 0 Å². The van der Waals surface area contributed by atoms with Gasteiger partial charge in [0, 0.05) is 6.54 Å². The average molecular weight is 331 g/mol. The molecule has 0 N–H and O–H groups in total. The summed E-state index contributed by atoms with van der Waals surface area (Å²) in [7, 11) is 0. The maximum atomic E-state index is 12.3. The number of hydrogen-bond donors (Lipinski definition) is 0. The quantitative estimate of drug-likeness (QED) is 0.843. The summed E-state index contributed by atoms with van der Waals surface area (Å²) < 4.78 is 8.12. The van der Waals surface area contributed by atoms with Crippen LogP contribution in [0, 0.1) is 0 Å². The van der Waals surface area contributed by atoms with Crippen LogP contribution in [0.5, 0.6) is 6.01 Å². The predicted molar refractivity (Wildman–Crippen MR) is 77.7 cm³/mol. The van der Waals surface area contributed by atoms with Gasteiger partial charge < -0.3 is 4.74 Å². The van der Waals surface area contributed by atoms with Gasteiger partial charge in [0.25, 0.3) is 5.56 Å². The number of nitrogens with zero attached hydrogens (tertiary/aromatic N) is 2.